The van der Waals surface area contributed by atoms with E-state index in [0.717, 1.165) is 25.7 Å². The van der Waals surface area contributed by atoms with Gasteiger partial charge in [0.05, 0.1) is 16.7 Å². The van der Waals surface area contributed by atoms with Crippen molar-refractivity contribution in [3.8, 4) is 11.8 Å². The van der Waals surface area contributed by atoms with Crippen LogP contribution in [0.4, 0.5) is 10.6 Å². The Balaban J connectivity index is 1.23. The predicted molar refractivity (Wildman–Crippen MR) is 124 cm³/mol. The molecule has 2 N–H and O–H groups in total. The molecule has 2 aromatic rings. The summed E-state index contributed by atoms with van der Waals surface area (Å²) in [6.07, 6.45) is 2.24. The highest BCUT2D eigenvalue weighted by atomic mass is 35.5. The molecule has 10 nitrogen and oxygen atoms in total. The Morgan fingerprint density at radius 1 is 1.09 bits per heavy atom. The first-order valence-corrected chi connectivity index (χ1v) is 11.5. The van der Waals surface area contributed by atoms with Gasteiger partial charge in [-0.15, -0.1) is 10.2 Å². The molecule has 34 heavy (non-hydrogen) atoms. The van der Waals surface area contributed by atoms with Gasteiger partial charge in [0.2, 0.25) is 0 Å². The van der Waals surface area contributed by atoms with E-state index in [2.05, 4.69) is 15.5 Å². The predicted octanol–water partition coefficient (Wildman–Crippen LogP) is 2.92. The van der Waals surface area contributed by atoms with E-state index < -0.39 is 6.09 Å². The monoisotopic (exact) mass is 484 g/mol. The highest BCUT2D eigenvalue weighted by Gasteiger charge is 2.25. The molecule has 1 saturated heterocycles. The summed E-state index contributed by atoms with van der Waals surface area (Å²) in [5, 5.41) is 29.7. The summed E-state index contributed by atoms with van der Waals surface area (Å²) in [4.78, 5) is 27.0. The molecule has 0 radical (unpaired) electrons. The van der Waals surface area contributed by atoms with Crippen LogP contribution in [0.5, 0.6) is 5.75 Å². The minimum absolute atomic E-state index is 0.0258. The van der Waals surface area contributed by atoms with E-state index in [0.29, 0.717) is 48.3 Å². The summed E-state index contributed by atoms with van der Waals surface area (Å²) in [5.41, 5.74) is 0.663. The number of ether oxygens (including phenoxy) is 1. The van der Waals surface area contributed by atoms with Crippen LogP contribution in [-0.4, -0.2) is 70.5 Å². The molecule has 2 amide bonds. The van der Waals surface area contributed by atoms with Gasteiger partial charge >= 0.3 is 6.09 Å². The summed E-state index contributed by atoms with van der Waals surface area (Å²) in [5.74, 6) is 0.997. The standard InChI is InChI=1S/C23H25ClN6O4/c24-19-13-18(4-1-15(19)14-25)34-17-5-2-16(3-6-17)26-22(31)20-7-8-21(28-27-20)29-9-11-30(12-10-29)23(32)33/h1,4,7-8,13,16-17H,2-3,5-6,9-12H2,(H,26,31)(H,32,33). The number of aromatic nitrogens is 2. The van der Waals surface area contributed by atoms with Crippen molar-refractivity contribution in [2.75, 3.05) is 31.1 Å². The highest BCUT2D eigenvalue weighted by molar-refractivity contribution is 6.31. The molecule has 2 fully saturated rings. The molecule has 2 aliphatic rings. The Hall–Kier alpha value is -3.58. The van der Waals surface area contributed by atoms with Crippen molar-refractivity contribution in [3.05, 3.63) is 46.6 Å². The number of nitrogens with one attached hydrogen (secondary N) is 1. The number of carboxylic acid groups (broad SMARTS) is 1. The lowest BCUT2D eigenvalue weighted by molar-refractivity contribution is 0.0888. The van der Waals surface area contributed by atoms with E-state index in [1.165, 1.54) is 4.90 Å². The van der Waals surface area contributed by atoms with Crippen molar-refractivity contribution < 1.29 is 19.4 Å². The van der Waals surface area contributed by atoms with Crippen LogP contribution in [0.15, 0.2) is 30.3 Å². The molecule has 0 bridgehead atoms. The van der Waals surface area contributed by atoms with Gasteiger partial charge in [-0.3, -0.25) is 4.79 Å². The second-order valence-corrected chi connectivity index (χ2v) is 8.76. The Labute approximate surface area is 202 Å². The summed E-state index contributed by atoms with van der Waals surface area (Å²) in [6, 6.07) is 10.5. The van der Waals surface area contributed by atoms with Crippen LogP contribution in [0.2, 0.25) is 5.02 Å². The number of rotatable bonds is 5. The van der Waals surface area contributed by atoms with Crippen molar-refractivity contribution in [2.24, 2.45) is 0 Å². The van der Waals surface area contributed by atoms with Gasteiger partial charge in [0, 0.05) is 38.3 Å². The summed E-state index contributed by atoms with van der Waals surface area (Å²) < 4.78 is 5.99. The fourth-order valence-corrected chi connectivity index (χ4v) is 4.39. The first-order valence-electron chi connectivity index (χ1n) is 11.2. The van der Waals surface area contributed by atoms with E-state index >= 15 is 0 Å². The van der Waals surface area contributed by atoms with Gasteiger partial charge in [-0.25, -0.2) is 4.79 Å². The average Bonchev–Trinajstić information content (AvgIpc) is 2.85. The summed E-state index contributed by atoms with van der Waals surface area (Å²) in [7, 11) is 0. The first-order chi connectivity index (χ1) is 16.4. The lowest BCUT2D eigenvalue weighted by Gasteiger charge is -2.33. The van der Waals surface area contributed by atoms with E-state index in [4.69, 9.17) is 26.7 Å². The number of anilines is 1. The van der Waals surface area contributed by atoms with Gasteiger partial charge in [-0.1, -0.05) is 11.6 Å². The number of nitriles is 1. The normalized spacial score (nSPS) is 20.4. The second kappa shape index (κ2) is 10.6. The summed E-state index contributed by atoms with van der Waals surface area (Å²) >= 11 is 6.07. The minimum atomic E-state index is -0.919. The third-order valence-corrected chi connectivity index (χ3v) is 6.44. The van der Waals surface area contributed by atoms with Crippen molar-refractivity contribution >= 4 is 29.4 Å². The summed E-state index contributed by atoms with van der Waals surface area (Å²) in [6.45, 7) is 1.88. The third kappa shape index (κ3) is 5.66. The fraction of sp³-hybridized carbons (Fsp3) is 0.435. The van der Waals surface area contributed by atoms with Gasteiger partial charge in [-0.05, 0) is 49.9 Å². The highest BCUT2D eigenvalue weighted by Crippen LogP contribution is 2.27. The SMILES string of the molecule is N#Cc1ccc(OC2CCC(NC(=O)c3ccc(N4CCN(C(=O)O)CC4)nn3)CC2)cc1Cl. The molecule has 0 atom stereocenters. The molecule has 0 unspecified atom stereocenters. The quantitative estimate of drug-likeness (QED) is 0.662. The molecule has 0 spiro atoms. The molecule has 178 valence electrons. The smallest absolute Gasteiger partial charge is 0.407 e. The van der Waals surface area contributed by atoms with Gasteiger partial charge in [0.25, 0.3) is 5.91 Å². The van der Waals surface area contributed by atoms with E-state index in [9.17, 15) is 9.59 Å². The number of carbonyl (C=O) groups excluding carboxylic acids is 1. The second-order valence-electron chi connectivity index (χ2n) is 8.35. The first kappa shape index (κ1) is 23.6. The van der Waals surface area contributed by atoms with E-state index in [-0.39, 0.29) is 23.7 Å². The van der Waals surface area contributed by atoms with E-state index in [1.54, 1.807) is 30.3 Å². The maximum atomic E-state index is 12.6. The Bertz CT molecular complexity index is 1070. The molecule has 1 saturated carbocycles. The molecule has 4 rings (SSSR count). The van der Waals surface area contributed by atoms with Gasteiger partial charge in [0.15, 0.2) is 11.5 Å². The maximum Gasteiger partial charge on any atom is 0.407 e. The molecule has 1 aromatic heterocycles. The zero-order valence-corrected chi connectivity index (χ0v) is 19.2. The number of benzene rings is 1. The number of piperazine rings is 1. The van der Waals surface area contributed by atoms with Crippen LogP contribution in [0.25, 0.3) is 0 Å². The lowest BCUT2D eigenvalue weighted by Crippen LogP contribution is -2.48. The number of halogens is 1. The third-order valence-electron chi connectivity index (χ3n) is 6.13. The van der Waals surface area contributed by atoms with Gasteiger partial charge < -0.3 is 25.0 Å². The molecule has 1 aliphatic carbocycles. The zero-order valence-electron chi connectivity index (χ0n) is 18.5. The maximum absolute atomic E-state index is 12.6. The van der Waals surface area contributed by atoms with Crippen molar-refractivity contribution in [1.29, 1.82) is 5.26 Å². The van der Waals surface area contributed by atoms with Crippen molar-refractivity contribution in [1.82, 2.24) is 20.4 Å². The van der Waals surface area contributed by atoms with Crippen molar-refractivity contribution in [2.45, 2.75) is 37.8 Å². The van der Waals surface area contributed by atoms with Gasteiger partial charge in [-0.2, -0.15) is 5.26 Å². The van der Waals surface area contributed by atoms with Crippen LogP contribution in [0.1, 0.15) is 41.7 Å². The Morgan fingerprint density at radius 2 is 1.82 bits per heavy atom. The van der Waals surface area contributed by atoms with E-state index in [1.807, 2.05) is 11.0 Å². The number of hydrogen-bond donors (Lipinski definition) is 2. The van der Waals surface area contributed by atoms with Crippen LogP contribution in [0, 0.1) is 11.3 Å². The number of amides is 2. The molecule has 1 aliphatic heterocycles. The molecule has 2 heterocycles. The largest absolute Gasteiger partial charge is 0.490 e. The molecular formula is C23H25ClN6O4. The Kier molecular flexibility index (Phi) is 7.33. The number of hydrogen-bond acceptors (Lipinski definition) is 7. The minimum Gasteiger partial charge on any atom is -0.490 e. The molecule has 1 aromatic carbocycles. The van der Waals surface area contributed by atoms with Gasteiger partial charge in [0.1, 0.15) is 11.8 Å². The fourth-order valence-electron chi connectivity index (χ4n) is 4.18. The van der Waals surface area contributed by atoms with Crippen LogP contribution in [-0.2, 0) is 0 Å². The topological polar surface area (TPSA) is 132 Å². The number of nitrogens with zero attached hydrogens (tertiary/aromatic N) is 5. The Morgan fingerprint density at radius 3 is 2.41 bits per heavy atom. The van der Waals surface area contributed by atoms with Crippen LogP contribution < -0.4 is 15.0 Å². The van der Waals surface area contributed by atoms with Crippen molar-refractivity contribution in [3.63, 3.8) is 0 Å². The van der Waals surface area contributed by atoms with Crippen LogP contribution in [0.3, 0.4) is 0 Å². The number of carbonyl (C=O) groups is 2. The van der Waals surface area contributed by atoms with Crippen LogP contribution >= 0.6 is 11.6 Å². The average molecular weight is 485 g/mol. The molecule has 11 heteroatoms. The lowest BCUT2D eigenvalue weighted by atomic mass is 9.93. The zero-order chi connectivity index (χ0) is 24.1. The molecular weight excluding hydrogens is 460 g/mol.